The second-order valence-corrected chi connectivity index (χ2v) is 8.59. The number of hydrogen-bond acceptors (Lipinski definition) is 3. The van der Waals surface area contributed by atoms with E-state index in [0.29, 0.717) is 13.0 Å². The highest BCUT2D eigenvalue weighted by molar-refractivity contribution is 5.85. The van der Waals surface area contributed by atoms with E-state index in [9.17, 15) is 9.90 Å². The number of fused-ring (bicyclic) bond motifs is 1. The lowest BCUT2D eigenvalue weighted by Crippen LogP contribution is -2.15. The molecule has 5 nitrogen and oxygen atoms in total. The van der Waals surface area contributed by atoms with Crippen LogP contribution >= 0.6 is 0 Å². The summed E-state index contributed by atoms with van der Waals surface area (Å²) in [4.78, 5) is 12.3. The van der Waals surface area contributed by atoms with Crippen LogP contribution in [0.5, 0.6) is 5.75 Å². The zero-order chi connectivity index (χ0) is 24.2. The smallest absolute Gasteiger partial charge is 0.311 e. The van der Waals surface area contributed by atoms with Gasteiger partial charge in [0.05, 0.1) is 31.0 Å². The van der Waals surface area contributed by atoms with Gasteiger partial charge in [-0.05, 0) is 45.7 Å². The first-order valence-corrected chi connectivity index (χ1v) is 11.6. The predicted octanol–water partition coefficient (Wildman–Crippen LogP) is 6.17. The fourth-order valence-corrected chi connectivity index (χ4v) is 4.42. The molecule has 174 valence electrons. The number of ether oxygens (including phenoxy) is 1. The van der Waals surface area contributed by atoms with Gasteiger partial charge in [0.15, 0.2) is 0 Å². The normalized spacial score (nSPS) is 11.9. The Balaban J connectivity index is 1.49. The molecule has 5 aromatic rings. The number of benzene rings is 4. The molecule has 0 radical (unpaired) electrons. The summed E-state index contributed by atoms with van der Waals surface area (Å²) >= 11 is 0. The maximum atomic E-state index is 12.3. The van der Waals surface area contributed by atoms with Crippen molar-refractivity contribution in [3.05, 3.63) is 120 Å². The molecule has 0 aliphatic rings. The summed E-state index contributed by atoms with van der Waals surface area (Å²) in [6.45, 7) is 0.571. The molecule has 0 saturated carbocycles. The second kappa shape index (κ2) is 9.85. The van der Waals surface area contributed by atoms with Crippen molar-refractivity contribution < 1.29 is 14.6 Å². The van der Waals surface area contributed by atoms with E-state index in [1.165, 1.54) is 0 Å². The molecular formula is C30H26N2O3. The standard InChI is InChI=1S/C30H26N2O3/c1-35-27-15-11-21(12-16-27)20-32-29(23-8-3-2-4-9-23)19-26(31-32)18-28(30(33)34)25-14-13-22-7-5-6-10-24(22)17-25/h2-17,19,28H,18,20H2,1H3,(H,33,34). The van der Waals surface area contributed by atoms with E-state index in [1.54, 1.807) is 7.11 Å². The fraction of sp³-hybridized carbons (Fsp3) is 0.133. The zero-order valence-corrected chi connectivity index (χ0v) is 19.5. The van der Waals surface area contributed by atoms with Crippen LogP contribution in [0.25, 0.3) is 22.0 Å². The van der Waals surface area contributed by atoms with Crippen molar-refractivity contribution in [2.75, 3.05) is 7.11 Å². The summed E-state index contributed by atoms with van der Waals surface area (Å²) in [6, 6.07) is 33.8. The molecule has 1 atom stereocenters. The van der Waals surface area contributed by atoms with E-state index in [4.69, 9.17) is 9.84 Å². The number of rotatable bonds is 8. The Labute approximate surface area is 204 Å². The average Bonchev–Trinajstić information content (AvgIpc) is 3.30. The van der Waals surface area contributed by atoms with Crippen molar-refractivity contribution >= 4 is 16.7 Å². The molecule has 0 bridgehead atoms. The van der Waals surface area contributed by atoms with Gasteiger partial charge < -0.3 is 9.84 Å². The minimum absolute atomic E-state index is 0.309. The first-order valence-electron chi connectivity index (χ1n) is 11.6. The topological polar surface area (TPSA) is 64.4 Å². The molecule has 35 heavy (non-hydrogen) atoms. The molecule has 5 heteroatoms. The molecule has 0 spiro atoms. The lowest BCUT2D eigenvalue weighted by molar-refractivity contribution is -0.138. The Bertz CT molecular complexity index is 1460. The highest BCUT2D eigenvalue weighted by Crippen LogP contribution is 2.28. The van der Waals surface area contributed by atoms with E-state index in [1.807, 2.05) is 108 Å². The van der Waals surface area contributed by atoms with Gasteiger partial charge in [-0.15, -0.1) is 0 Å². The van der Waals surface area contributed by atoms with Crippen molar-refractivity contribution in [1.82, 2.24) is 9.78 Å². The van der Waals surface area contributed by atoms with E-state index >= 15 is 0 Å². The number of aromatic nitrogens is 2. The summed E-state index contributed by atoms with van der Waals surface area (Å²) < 4.78 is 7.22. The fourth-order valence-electron chi connectivity index (χ4n) is 4.42. The summed E-state index contributed by atoms with van der Waals surface area (Å²) in [5, 5.41) is 17.1. The average molecular weight is 463 g/mol. The first kappa shape index (κ1) is 22.4. The van der Waals surface area contributed by atoms with Crippen molar-refractivity contribution in [2.45, 2.75) is 18.9 Å². The summed E-state index contributed by atoms with van der Waals surface area (Å²) in [5.74, 6) is -0.739. The number of carbonyl (C=O) groups is 1. The first-order chi connectivity index (χ1) is 17.1. The van der Waals surface area contributed by atoms with Gasteiger partial charge in [0.2, 0.25) is 0 Å². The van der Waals surface area contributed by atoms with Crippen LogP contribution in [0.4, 0.5) is 0 Å². The molecule has 1 aromatic heterocycles. The Kier molecular flexibility index (Phi) is 6.31. The Morgan fingerprint density at radius 3 is 2.31 bits per heavy atom. The van der Waals surface area contributed by atoms with Crippen molar-refractivity contribution in [3.8, 4) is 17.0 Å². The molecule has 0 aliphatic carbocycles. The van der Waals surface area contributed by atoms with Gasteiger partial charge in [0, 0.05) is 6.42 Å². The molecular weight excluding hydrogens is 436 g/mol. The minimum atomic E-state index is -0.855. The van der Waals surface area contributed by atoms with Crippen LogP contribution in [0.15, 0.2) is 103 Å². The number of methoxy groups -OCH3 is 1. The van der Waals surface area contributed by atoms with Crippen LogP contribution in [0.2, 0.25) is 0 Å². The van der Waals surface area contributed by atoms with Crippen LogP contribution < -0.4 is 4.74 Å². The summed E-state index contributed by atoms with van der Waals surface area (Å²) in [6.07, 6.45) is 0.309. The van der Waals surface area contributed by atoms with E-state index in [-0.39, 0.29) is 0 Å². The van der Waals surface area contributed by atoms with Gasteiger partial charge in [-0.2, -0.15) is 5.10 Å². The molecule has 4 aromatic carbocycles. The van der Waals surface area contributed by atoms with Crippen molar-refractivity contribution in [2.24, 2.45) is 0 Å². The van der Waals surface area contributed by atoms with Gasteiger partial charge >= 0.3 is 5.97 Å². The highest BCUT2D eigenvalue weighted by atomic mass is 16.5. The summed E-state index contributed by atoms with van der Waals surface area (Å²) in [7, 11) is 1.65. The van der Waals surface area contributed by atoms with Gasteiger partial charge in [-0.25, -0.2) is 0 Å². The molecule has 0 saturated heterocycles. The van der Waals surface area contributed by atoms with Crippen LogP contribution in [-0.2, 0) is 17.8 Å². The summed E-state index contributed by atoms with van der Waals surface area (Å²) in [5.41, 5.74) is 4.61. The lowest BCUT2D eigenvalue weighted by atomic mass is 9.92. The van der Waals surface area contributed by atoms with Gasteiger partial charge in [-0.1, -0.05) is 84.9 Å². The zero-order valence-electron chi connectivity index (χ0n) is 19.5. The molecule has 0 aliphatic heterocycles. The number of aliphatic carboxylic acids is 1. The lowest BCUT2D eigenvalue weighted by Gasteiger charge is -2.12. The van der Waals surface area contributed by atoms with Crippen LogP contribution in [0.1, 0.15) is 22.7 Å². The molecule has 5 rings (SSSR count). The third-order valence-corrected chi connectivity index (χ3v) is 6.28. The Hall–Kier alpha value is -4.38. The molecule has 0 amide bonds. The van der Waals surface area contributed by atoms with Crippen LogP contribution in [-0.4, -0.2) is 28.0 Å². The third kappa shape index (κ3) is 4.94. The third-order valence-electron chi connectivity index (χ3n) is 6.28. The number of carboxylic acids is 1. The number of nitrogens with zero attached hydrogens (tertiary/aromatic N) is 2. The molecule has 1 heterocycles. The van der Waals surface area contributed by atoms with Gasteiger partial charge in [0.1, 0.15) is 5.75 Å². The van der Waals surface area contributed by atoms with Crippen LogP contribution in [0, 0.1) is 0 Å². The monoisotopic (exact) mass is 462 g/mol. The predicted molar refractivity (Wildman–Crippen MR) is 138 cm³/mol. The van der Waals surface area contributed by atoms with Gasteiger partial charge in [0.25, 0.3) is 0 Å². The van der Waals surface area contributed by atoms with Crippen LogP contribution in [0.3, 0.4) is 0 Å². The van der Waals surface area contributed by atoms with E-state index in [2.05, 4.69) is 0 Å². The minimum Gasteiger partial charge on any atom is -0.497 e. The maximum absolute atomic E-state index is 12.3. The van der Waals surface area contributed by atoms with Gasteiger partial charge in [-0.3, -0.25) is 9.48 Å². The molecule has 0 fully saturated rings. The number of carboxylic acid groups (broad SMARTS) is 1. The van der Waals surface area contributed by atoms with E-state index in [0.717, 1.165) is 44.6 Å². The maximum Gasteiger partial charge on any atom is 0.311 e. The van der Waals surface area contributed by atoms with Crippen molar-refractivity contribution in [1.29, 1.82) is 0 Å². The molecule has 1 unspecified atom stereocenters. The number of hydrogen-bond donors (Lipinski definition) is 1. The Morgan fingerprint density at radius 1 is 0.886 bits per heavy atom. The molecule has 1 N–H and O–H groups in total. The quantitative estimate of drug-likeness (QED) is 0.299. The van der Waals surface area contributed by atoms with Crippen molar-refractivity contribution in [3.63, 3.8) is 0 Å². The SMILES string of the molecule is COc1ccc(Cn2nc(CC(C(=O)O)c3ccc4ccccc4c3)cc2-c2ccccc2)cc1. The largest absolute Gasteiger partial charge is 0.497 e. The van der Waals surface area contributed by atoms with E-state index < -0.39 is 11.9 Å². The Morgan fingerprint density at radius 2 is 1.60 bits per heavy atom. The second-order valence-electron chi connectivity index (χ2n) is 8.59. The highest BCUT2D eigenvalue weighted by Gasteiger charge is 2.23.